The number of fused-ring (bicyclic) bond motifs is 2. The van der Waals surface area contributed by atoms with Crippen LogP contribution in [0.1, 0.15) is 13.8 Å². The number of hydroxylamine groups is 2. The predicted octanol–water partition coefficient (Wildman–Crippen LogP) is -0.303. The van der Waals surface area contributed by atoms with E-state index in [-0.39, 0.29) is 13.2 Å². The first-order chi connectivity index (χ1) is 9.86. The Morgan fingerprint density at radius 1 is 1.57 bits per heavy atom. The SMILES string of the molecule is CCOC(=O)[C@H](F)ON1C(=O)N2CC1C(C)=C[C@H]2C(N)=O. The zero-order valence-corrected chi connectivity index (χ0v) is 11.6. The number of carbonyl (C=O) groups is 3. The fourth-order valence-corrected chi connectivity index (χ4v) is 2.31. The molecule has 0 aromatic heterocycles. The number of ether oxygens (including phenoxy) is 1. The fraction of sp³-hybridized carbons (Fsp3) is 0.583. The minimum atomic E-state index is -2.41. The summed E-state index contributed by atoms with van der Waals surface area (Å²) in [4.78, 5) is 40.6. The van der Waals surface area contributed by atoms with Gasteiger partial charge in [0.15, 0.2) is 0 Å². The Morgan fingerprint density at radius 2 is 2.24 bits per heavy atom. The van der Waals surface area contributed by atoms with Gasteiger partial charge in [-0.1, -0.05) is 6.08 Å². The summed E-state index contributed by atoms with van der Waals surface area (Å²) in [6.07, 6.45) is -0.885. The van der Waals surface area contributed by atoms with Crippen molar-refractivity contribution in [2.75, 3.05) is 13.2 Å². The zero-order valence-electron chi connectivity index (χ0n) is 11.6. The number of carbonyl (C=O) groups excluding carboxylic acids is 3. The molecule has 1 unspecified atom stereocenters. The number of rotatable bonds is 5. The Balaban J connectivity index is 2.14. The van der Waals surface area contributed by atoms with Gasteiger partial charge in [-0.15, -0.1) is 0 Å². The molecule has 1 saturated heterocycles. The van der Waals surface area contributed by atoms with Gasteiger partial charge in [0.05, 0.1) is 13.2 Å². The highest BCUT2D eigenvalue weighted by molar-refractivity contribution is 5.90. The van der Waals surface area contributed by atoms with Crippen LogP contribution in [0, 0.1) is 0 Å². The molecule has 0 radical (unpaired) electrons. The van der Waals surface area contributed by atoms with Gasteiger partial charge in [-0.2, -0.15) is 5.06 Å². The van der Waals surface area contributed by atoms with E-state index in [0.29, 0.717) is 5.57 Å². The van der Waals surface area contributed by atoms with Gasteiger partial charge < -0.3 is 15.4 Å². The molecular formula is C12H16FN3O5. The van der Waals surface area contributed by atoms with Crippen LogP contribution in [-0.4, -0.2) is 59.5 Å². The molecule has 2 N–H and O–H groups in total. The fourth-order valence-electron chi connectivity index (χ4n) is 2.31. The van der Waals surface area contributed by atoms with Crippen LogP contribution in [0.25, 0.3) is 0 Å². The van der Waals surface area contributed by atoms with E-state index in [1.54, 1.807) is 6.92 Å². The number of amides is 3. The first-order valence-electron chi connectivity index (χ1n) is 6.41. The third-order valence-electron chi connectivity index (χ3n) is 3.34. The molecular weight excluding hydrogens is 285 g/mol. The lowest BCUT2D eigenvalue weighted by Crippen LogP contribution is -2.46. The largest absolute Gasteiger partial charge is 0.462 e. The second-order valence-corrected chi connectivity index (χ2v) is 4.71. The molecule has 0 aromatic rings. The predicted molar refractivity (Wildman–Crippen MR) is 67.1 cm³/mol. The van der Waals surface area contributed by atoms with Gasteiger partial charge in [-0.3, -0.25) is 4.79 Å². The van der Waals surface area contributed by atoms with Crippen LogP contribution < -0.4 is 5.73 Å². The van der Waals surface area contributed by atoms with Gasteiger partial charge in [-0.25, -0.2) is 18.8 Å². The topological polar surface area (TPSA) is 102 Å². The van der Waals surface area contributed by atoms with Gasteiger partial charge >= 0.3 is 18.4 Å². The molecule has 3 atom stereocenters. The number of esters is 1. The third-order valence-corrected chi connectivity index (χ3v) is 3.34. The maximum Gasteiger partial charge on any atom is 0.370 e. The van der Waals surface area contributed by atoms with Crippen LogP contribution in [0.2, 0.25) is 0 Å². The number of hydrogen-bond acceptors (Lipinski definition) is 5. The maximum atomic E-state index is 13.6. The quantitative estimate of drug-likeness (QED) is 0.554. The van der Waals surface area contributed by atoms with Crippen LogP contribution in [0.5, 0.6) is 0 Å². The third kappa shape index (κ3) is 2.68. The highest BCUT2D eigenvalue weighted by Crippen LogP contribution is 2.30. The van der Waals surface area contributed by atoms with Crippen molar-refractivity contribution in [2.24, 2.45) is 5.73 Å². The lowest BCUT2D eigenvalue weighted by Gasteiger charge is -2.26. The van der Waals surface area contributed by atoms with Gasteiger partial charge in [0.2, 0.25) is 5.91 Å². The van der Waals surface area contributed by atoms with Crippen LogP contribution in [-0.2, 0) is 19.2 Å². The molecule has 0 saturated carbocycles. The number of halogens is 1. The second-order valence-electron chi connectivity index (χ2n) is 4.71. The molecule has 0 spiro atoms. The lowest BCUT2D eigenvalue weighted by molar-refractivity contribution is -0.223. The van der Waals surface area contributed by atoms with Gasteiger partial charge in [0, 0.05) is 0 Å². The van der Waals surface area contributed by atoms with Crippen molar-refractivity contribution >= 4 is 17.9 Å². The first-order valence-corrected chi connectivity index (χ1v) is 6.41. The maximum absolute atomic E-state index is 13.6. The number of nitrogens with two attached hydrogens (primary N) is 1. The summed E-state index contributed by atoms with van der Waals surface area (Å²) in [6.45, 7) is 3.33. The molecule has 2 aliphatic rings. The summed E-state index contributed by atoms with van der Waals surface area (Å²) in [6, 6.07) is -2.19. The highest BCUT2D eigenvalue weighted by Gasteiger charge is 2.48. The number of hydrogen-bond donors (Lipinski definition) is 1. The number of primary amides is 1. The van der Waals surface area contributed by atoms with E-state index >= 15 is 0 Å². The van der Waals surface area contributed by atoms with Crippen molar-refractivity contribution in [1.29, 1.82) is 0 Å². The summed E-state index contributed by atoms with van der Waals surface area (Å²) in [5.41, 5.74) is 5.86. The second kappa shape index (κ2) is 5.68. The molecule has 9 heteroatoms. The van der Waals surface area contributed by atoms with Gasteiger partial charge in [0.25, 0.3) is 0 Å². The summed E-state index contributed by atoms with van der Waals surface area (Å²) in [5, 5.41) is 0.746. The van der Waals surface area contributed by atoms with Crippen LogP contribution >= 0.6 is 0 Å². The van der Waals surface area contributed by atoms with Gasteiger partial charge in [-0.05, 0) is 19.4 Å². The van der Waals surface area contributed by atoms with Gasteiger partial charge in [0.1, 0.15) is 12.1 Å². The van der Waals surface area contributed by atoms with E-state index in [1.165, 1.54) is 13.0 Å². The minimum absolute atomic E-state index is 0.00517. The first kappa shape index (κ1) is 15.2. The molecule has 0 aromatic carbocycles. The van der Waals surface area contributed by atoms with Crippen molar-refractivity contribution in [3.63, 3.8) is 0 Å². The molecule has 116 valence electrons. The molecule has 8 nitrogen and oxygen atoms in total. The van der Waals surface area contributed by atoms with Crippen molar-refractivity contribution in [2.45, 2.75) is 32.3 Å². The van der Waals surface area contributed by atoms with E-state index in [2.05, 4.69) is 4.74 Å². The van der Waals surface area contributed by atoms with Crippen LogP contribution in [0.3, 0.4) is 0 Å². The summed E-state index contributed by atoms with van der Waals surface area (Å²) in [5.74, 6) is -1.90. The molecule has 2 heterocycles. The van der Waals surface area contributed by atoms with Crippen LogP contribution in [0.4, 0.5) is 9.18 Å². The molecule has 2 rings (SSSR count). The lowest BCUT2D eigenvalue weighted by atomic mass is 10.0. The van der Waals surface area contributed by atoms with E-state index < -0.39 is 36.3 Å². The standard InChI is InChI=1S/C12H16FN3O5/c1-3-20-11(18)9(13)21-16-8-5-15(12(16)19)7(10(14)17)4-6(8)2/h4,7-9H,3,5H2,1-2H3,(H2,14,17)/t7-,8?,9+/m0/s1. The summed E-state index contributed by atoms with van der Waals surface area (Å²) >= 11 is 0. The summed E-state index contributed by atoms with van der Waals surface area (Å²) in [7, 11) is 0. The average molecular weight is 301 g/mol. The van der Waals surface area contributed by atoms with Crippen molar-refractivity contribution in [3.8, 4) is 0 Å². The Kier molecular flexibility index (Phi) is 4.12. The van der Waals surface area contributed by atoms with E-state index in [9.17, 15) is 18.8 Å². The van der Waals surface area contributed by atoms with Crippen molar-refractivity contribution in [3.05, 3.63) is 11.6 Å². The van der Waals surface area contributed by atoms with Crippen molar-refractivity contribution in [1.82, 2.24) is 9.96 Å². The molecule has 0 aliphatic carbocycles. The Hall–Kier alpha value is -2.16. The number of urea groups is 1. The number of alkyl halides is 1. The highest BCUT2D eigenvalue weighted by atomic mass is 19.1. The Labute approximate surface area is 120 Å². The molecule has 21 heavy (non-hydrogen) atoms. The average Bonchev–Trinajstić information content (AvgIpc) is 2.69. The monoisotopic (exact) mass is 301 g/mol. The van der Waals surface area contributed by atoms with E-state index in [4.69, 9.17) is 10.6 Å². The zero-order chi connectivity index (χ0) is 15.7. The normalized spacial score (nSPS) is 25.7. The molecule has 1 fully saturated rings. The summed E-state index contributed by atoms with van der Waals surface area (Å²) < 4.78 is 18.1. The minimum Gasteiger partial charge on any atom is -0.462 e. The van der Waals surface area contributed by atoms with Crippen molar-refractivity contribution < 1.29 is 28.3 Å². The molecule has 2 bridgehead atoms. The van der Waals surface area contributed by atoms with E-state index in [1.807, 2.05) is 0 Å². The molecule has 2 aliphatic heterocycles. The Morgan fingerprint density at radius 3 is 2.81 bits per heavy atom. The van der Waals surface area contributed by atoms with E-state index in [0.717, 1.165) is 9.96 Å². The smallest absolute Gasteiger partial charge is 0.370 e. The van der Waals surface area contributed by atoms with Crippen LogP contribution in [0.15, 0.2) is 11.6 Å². The number of nitrogens with zero attached hydrogens (tertiary/aromatic N) is 2. The Bertz CT molecular complexity index is 509. The molecule has 3 amide bonds.